The van der Waals surface area contributed by atoms with Crippen LogP contribution < -0.4 is 10.1 Å². The fourth-order valence-corrected chi connectivity index (χ4v) is 10.5. The average molecular weight is 570 g/mol. The van der Waals surface area contributed by atoms with Gasteiger partial charge in [-0.3, -0.25) is 4.79 Å². The van der Waals surface area contributed by atoms with E-state index < -0.39 is 0 Å². The highest BCUT2D eigenvalue weighted by Gasteiger charge is 2.61. The Hall–Kier alpha value is -1.04. The van der Waals surface area contributed by atoms with Gasteiger partial charge in [0.2, 0.25) is 0 Å². The normalized spacial score (nSPS) is 38.5. The zero-order chi connectivity index (χ0) is 27.0. The highest BCUT2D eigenvalue weighted by molar-refractivity contribution is 7.59. The van der Waals surface area contributed by atoms with E-state index in [2.05, 4.69) is 43.4 Å². The number of Topliss-reactive ketones (excluding diaryl/α,β-unsaturated/α-hetero) is 1. The third-order valence-electron chi connectivity index (χ3n) is 12.7. The molecular weight excluding hydrogens is 514 g/mol. The fourth-order valence-electron chi connectivity index (χ4n) is 10.5. The van der Waals surface area contributed by atoms with Crippen LogP contribution in [0.1, 0.15) is 128 Å². The fraction of sp³-hybridized carbons (Fsp3) is 0.800. The van der Waals surface area contributed by atoms with Crippen molar-refractivity contribution < 1.29 is 14.6 Å². The maximum atomic E-state index is 12.2. The van der Waals surface area contributed by atoms with E-state index in [1.165, 1.54) is 63.4 Å². The third-order valence-corrected chi connectivity index (χ3v) is 12.7. The van der Waals surface area contributed by atoms with E-state index in [-0.39, 0.29) is 25.0 Å². The second-order valence-electron chi connectivity index (χ2n) is 14.4. The molecule has 0 aliphatic heterocycles. The average Bonchev–Trinajstić information content (AvgIpc) is 3.29. The number of aliphatic hydroxyl groups is 1. The van der Waals surface area contributed by atoms with E-state index in [9.17, 15) is 9.90 Å². The van der Waals surface area contributed by atoms with Crippen molar-refractivity contribution in [3.8, 4) is 5.75 Å². The number of rotatable bonds is 8. The zero-order valence-electron chi connectivity index (χ0n) is 25.1. The van der Waals surface area contributed by atoms with Gasteiger partial charge in [-0.2, -0.15) is 13.5 Å². The molecule has 0 bridgehead atoms. The Morgan fingerprint density at radius 1 is 1.02 bits per heavy atom. The summed E-state index contributed by atoms with van der Waals surface area (Å²) in [4.78, 5) is 12.2. The molecule has 0 amide bonds. The monoisotopic (exact) mass is 569 g/mol. The zero-order valence-corrected chi connectivity index (χ0v) is 26.1. The predicted octanol–water partition coefficient (Wildman–Crippen LogP) is 7.89. The van der Waals surface area contributed by atoms with Crippen LogP contribution in [-0.4, -0.2) is 29.6 Å². The maximum absolute atomic E-state index is 12.2. The molecule has 4 nitrogen and oxygen atoms in total. The second kappa shape index (κ2) is 12.7. The Bertz CT molecular complexity index is 1010. The van der Waals surface area contributed by atoms with Crippen LogP contribution in [0.25, 0.3) is 0 Å². The Morgan fingerprint density at radius 2 is 1.85 bits per heavy atom. The van der Waals surface area contributed by atoms with Crippen molar-refractivity contribution in [1.82, 2.24) is 5.32 Å². The van der Waals surface area contributed by atoms with E-state index in [0.717, 1.165) is 56.6 Å². The lowest BCUT2D eigenvalue weighted by Crippen LogP contribution is -2.55. The van der Waals surface area contributed by atoms with E-state index in [4.69, 9.17) is 4.74 Å². The van der Waals surface area contributed by atoms with Crippen molar-refractivity contribution in [2.24, 2.45) is 34.5 Å². The molecule has 5 unspecified atom stereocenters. The summed E-state index contributed by atoms with van der Waals surface area (Å²) in [6.45, 7) is 5.49. The van der Waals surface area contributed by atoms with Crippen LogP contribution in [-0.2, 0) is 4.79 Å². The highest BCUT2D eigenvalue weighted by Crippen LogP contribution is 2.66. The van der Waals surface area contributed by atoms with E-state index >= 15 is 0 Å². The van der Waals surface area contributed by atoms with Gasteiger partial charge < -0.3 is 15.2 Å². The Labute approximate surface area is 250 Å². The molecule has 5 heteroatoms. The van der Waals surface area contributed by atoms with Crippen molar-refractivity contribution in [3.63, 3.8) is 0 Å². The first-order valence-corrected chi connectivity index (χ1v) is 16.6. The number of benzene rings is 1. The second-order valence-corrected chi connectivity index (χ2v) is 14.4. The molecule has 40 heavy (non-hydrogen) atoms. The van der Waals surface area contributed by atoms with Gasteiger partial charge in [-0.25, -0.2) is 0 Å². The topological polar surface area (TPSA) is 58.6 Å². The summed E-state index contributed by atoms with van der Waals surface area (Å²) >= 11 is 0. The van der Waals surface area contributed by atoms with Crippen LogP contribution in [0.15, 0.2) is 24.3 Å². The first kappa shape index (κ1) is 30.4. The Kier molecular flexibility index (Phi) is 9.64. The number of hydrogen-bond donors (Lipinski definition) is 2. The molecule has 6 rings (SSSR count). The summed E-state index contributed by atoms with van der Waals surface area (Å²) in [6, 6.07) is 9.81. The van der Waals surface area contributed by atoms with Crippen LogP contribution in [0.2, 0.25) is 0 Å². The minimum atomic E-state index is -0.194. The van der Waals surface area contributed by atoms with Crippen LogP contribution in [0.3, 0.4) is 0 Å². The smallest absolute Gasteiger partial charge is 0.133 e. The molecule has 5 aliphatic rings. The van der Waals surface area contributed by atoms with Gasteiger partial charge in [-0.05, 0) is 117 Å². The molecule has 0 spiro atoms. The lowest BCUT2D eigenvalue weighted by atomic mass is 9.44. The molecule has 5 saturated carbocycles. The molecule has 0 saturated heterocycles. The van der Waals surface area contributed by atoms with E-state index in [1.807, 2.05) is 0 Å². The molecule has 0 aromatic heterocycles. The minimum Gasteiger partial charge on any atom is -0.494 e. The Balaban J connectivity index is 0.00000323. The third kappa shape index (κ3) is 5.65. The molecule has 1 aromatic carbocycles. The first-order valence-electron chi connectivity index (χ1n) is 16.6. The van der Waals surface area contributed by atoms with Crippen molar-refractivity contribution in [2.75, 3.05) is 6.61 Å². The van der Waals surface area contributed by atoms with E-state index in [1.54, 1.807) is 0 Å². The molecule has 8 atom stereocenters. The quantitative estimate of drug-likeness (QED) is 0.334. The maximum Gasteiger partial charge on any atom is 0.133 e. The molecule has 0 heterocycles. The first-order chi connectivity index (χ1) is 18.9. The van der Waals surface area contributed by atoms with Gasteiger partial charge >= 0.3 is 0 Å². The van der Waals surface area contributed by atoms with Crippen LogP contribution in [0.4, 0.5) is 0 Å². The van der Waals surface area contributed by atoms with Crippen molar-refractivity contribution >= 4 is 19.3 Å². The van der Waals surface area contributed by atoms with Gasteiger partial charge in [0, 0.05) is 30.3 Å². The predicted molar refractivity (Wildman–Crippen MR) is 167 cm³/mol. The van der Waals surface area contributed by atoms with Crippen LogP contribution >= 0.6 is 13.5 Å². The molecule has 2 N–H and O–H groups in total. The summed E-state index contributed by atoms with van der Waals surface area (Å²) in [7, 11) is 0. The number of hydrogen-bond acceptors (Lipinski definition) is 4. The number of ether oxygens (including phenoxy) is 1. The minimum absolute atomic E-state index is 0. The van der Waals surface area contributed by atoms with Gasteiger partial charge in [-0.15, -0.1) is 0 Å². The lowest BCUT2D eigenvalue weighted by Gasteiger charge is -2.60. The molecule has 224 valence electrons. The summed E-state index contributed by atoms with van der Waals surface area (Å²) in [5.41, 5.74) is 1.68. The van der Waals surface area contributed by atoms with Gasteiger partial charge in [0.15, 0.2) is 0 Å². The number of ketones is 1. The van der Waals surface area contributed by atoms with Gasteiger partial charge in [-0.1, -0.05) is 45.2 Å². The number of carbonyl (C=O) groups excluding carboxylic acids is 1. The molecular formula is C35H55NO3S. The summed E-state index contributed by atoms with van der Waals surface area (Å²) < 4.78 is 6.46. The molecule has 5 aliphatic carbocycles. The van der Waals surface area contributed by atoms with Crippen molar-refractivity contribution in [1.29, 1.82) is 0 Å². The van der Waals surface area contributed by atoms with Crippen molar-refractivity contribution in [2.45, 2.75) is 135 Å². The number of nitrogens with one attached hydrogen (secondary N) is 1. The lowest BCUT2D eigenvalue weighted by molar-refractivity contribution is -0.145. The largest absolute Gasteiger partial charge is 0.494 e. The Morgan fingerprint density at radius 3 is 2.65 bits per heavy atom. The van der Waals surface area contributed by atoms with Gasteiger partial charge in [0.05, 0.1) is 12.7 Å². The van der Waals surface area contributed by atoms with E-state index in [0.29, 0.717) is 47.6 Å². The summed E-state index contributed by atoms with van der Waals surface area (Å²) in [6.07, 6.45) is 18.2. The van der Waals surface area contributed by atoms with Gasteiger partial charge in [0.25, 0.3) is 0 Å². The molecule has 1 aromatic rings. The number of aliphatic hydroxyl groups excluding tert-OH is 1. The molecule has 0 radical (unpaired) electrons. The van der Waals surface area contributed by atoms with Crippen LogP contribution in [0, 0.1) is 34.5 Å². The number of carbonyl (C=O) groups is 1. The summed E-state index contributed by atoms with van der Waals surface area (Å²) in [5.74, 6) is 4.12. The molecule has 5 fully saturated rings. The van der Waals surface area contributed by atoms with Crippen LogP contribution in [0.5, 0.6) is 5.75 Å². The highest BCUT2D eigenvalue weighted by atomic mass is 32.1. The standard InChI is InChI=1S/C35H53NO3.H2S/c1-3-32(36-26-9-5-4-6-10-26)24-8-7-11-28(22-24)39-21-20-35-19-17-30-29(31(35)14-15-33(35)38)13-12-25-23-27(37)16-18-34(25,30)2;/h7-8,11,22,25-26,29-33,36,38H,3-6,9-10,12-21,23H2,1-2H3;1H2/t25?,29?,30?,31?,32-,33?,34-,35+;/m0./s1. The van der Waals surface area contributed by atoms with Crippen molar-refractivity contribution in [3.05, 3.63) is 29.8 Å². The summed E-state index contributed by atoms with van der Waals surface area (Å²) in [5, 5.41) is 15.3. The van der Waals surface area contributed by atoms with Gasteiger partial charge in [0.1, 0.15) is 11.5 Å². The SMILES string of the molecule is CC[C@H](NC1CCCCC1)c1cccc(OCC[C@]23CCC4C(CCC5CC(=O)CC[C@@]54C)C2CCC3O)c1.S. The number of fused-ring (bicyclic) bond motifs is 5.